The van der Waals surface area contributed by atoms with E-state index in [0.29, 0.717) is 0 Å². The summed E-state index contributed by atoms with van der Waals surface area (Å²) in [6.45, 7) is 0. The van der Waals surface area contributed by atoms with Gasteiger partial charge in [0.1, 0.15) is 11.2 Å². The van der Waals surface area contributed by atoms with Crippen LogP contribution in [0.15, 0.2) is 24.3 Å². The maximum absolute atomic E-state index is 11.1. The molecule has 2 N–H and O–H groups in total. The number of carbonyl (C=O) groups is 2. The fourth-order valence-electron chi connectivity index (χ4n) is 1.53. The zero-order valence-electron chi connectivity index (χ0n) is 10.3. The van der Waals surface area contributed by atoms with Gasteiger partial charge in [-0.15, -0.1) is 0 Å². The molecule has 0 aromatic carbocycles. The third-order valence-electron chi connectivity index (χ3n) is 2.63. The van der Waals surface area contributed by atoms with Gasteiger partial charge >= 0.3 is 11.9 Å². The van der Waals surface area contributed by atoms with Crippen molar-refractivity contribution in [1.29, 1.82) is 0 Å². The second-order valence-electron chi connectivity index (χ2n) is 4.15. The first-order valence-corrected chi connectivity index (χ1v) is 5.32. The van der Waals surface area contributed by atoms with Crippen LogP contribution >= 0.6 is 0 Å². The highest BCUT2D eigenvalue weighted by molar-refractivity contribution is 5.73. The first-order chi connectivity index (χ1) is 8.32. The van der Waals surface area contributed by atoms with E-state index in [2.05, 4.69) is 9.47 Å². The lowest BCUT2D eigenvalue weighted by Gasteiger charge is -2.29. The Morgan fingerprint density at radius 3 is 1.39 bits per heavy atom. The second kappa shape index (κ2) is 5.32. The molecule has 0 bridgehead atoms. The smallest absolute Gasteiger partial charge is 0.309 e. The zero-order valence-corrected chi connectivity index (χ0v) is 10.3. The molecule has 0 aromatic heterocycles. The molecule has 6 heteroatoms. The monoisotopic (exact) mass is 256 g/mol. The van der Waals surface area contributed by atoms with E-state index < -0.39 is 23.1 Å². The summed E-state index contributed by atoms with van der Waals surface area (Å²) in [6.07, 6.45) is 4.51. The zero-order chi connectivity index (χ0) is 13.8. The maximum Gasteiger partial charge on any atom is 0.309 e. The van der Waals surface area contributed by atoms with E-state index >= 15 is 0 Å². The molecule has 6 nitrogen and oxygen atoms in total. The molecule has 1 aliphatic carbocycles. The van der Waals surface area contributed by atoms with Gasteiger partial charge in [-0.05, 0) is 24.3 Å². The Bertz CT molecular complexity index is 345. The van der Waals surface area contributed by atoms with Gasteiger partial charge in [0, 0.05) is 0 Å². The van der Waals surface area contributed by atoms with Crippen LogP contribution in [-0.2, 0) is 19.1 Å². The number of methoxy groups -OCH3 is 2. The Hall–Kier alpha value is -1.66. The molecule has 1 rings (SSSR count). The summed E-state index contributed by atoms with van der Waals surface area (Å²) in [7, 11) is 2.44. The van der Waals surface area contributed by atoms with Gasteiger partial charge in [0.2, 0.25) is 0 Å². The topological polar surface area (TPSA) is 93.1 Å². The quantitative estimate of drug-likeness (QED) is 0.530. The molecule has 0 atom stereocenters. The highest BCUT2D eigenvalue weighted by Crippen LogP contribution is 2.27. The summed E-state index contributed by atoms with van der Waals surface area (Å²) in [5.41, 5.74) is -3.01. The summed E-state index contributed by atoms with van der Waals surface area (Å²) in [6, 6.07) is 0. The van der Waals surface area contributed by atoms with Crippen LogP contribution in [0, 0.1) is 0 Å². The lowest BCUT2D eigenvalue weighted by molar-refractivity contribution is -0.145. The van der Waals surface area contributed by atoms with E-state index in [1.54, 1.807) is 0 Å². The van der Waals surface area contributed by atoms with E-state index in [4.69, 9.17) is 0 Å². The predicted molar refractivity (Wildman–Crippen MR) is 61.4 cm³/mol. The molecule has 0 aliphatic heterocycles. The number of carbonyl (C=O) groups excluding carboxylic acids is 2. The van der Waals surface area contributed by atoms with Crippen molar-refractivity contribution in [3.63, 3.8) is 0 Å². The number of ether oxygens (including phenoxy) is 2. The second-order valence-corrected chi connectivity index (χ2v) is 4.15. The lowest BCUT2D eigenvalue weighted by Crippen LogP contribution is -2.36. The average Bonchev–Trinajstić information content (AvgIpc) is 2.33. The van der Waals surface area contributed by atoms with E-state index in [0.717, 1.165) is 0 Å². The standard InChI is InChI=1S/C12H16O6/c1-17-9(13)7-11(15)3-5-12(16,6-4-11)8-10(14)18-2/h3-6,15-16H,7-8H2,1-2H3. The van der Waals surface area contributed by atoms with Crippen LogP contribution in [0.3, 0.4) is 0 Å². The predicted octanol–water partition coefficient (Wildman–Crippen LogP) is -0.299. The normalized spacial score (nSPS) is 30.0. The van der Waals surface area contributed by atoms with Gasteiger partial charge < -0.3 is 19.7 Å². The average molecular weight is 256 g/mol. The number of hydrogen-bond donors (Lipinski definition) is 2. The van der Waals surface area contributed by atoms with Crippen LogP contribution in [0.25, 0.3) is 0 Å². The van der Waals surface area contributed by atoms with Crippen molar-refractivity contribution >= 4 is 11.9 Å². The van der Waals surface area contributed by atoms with Crippen molar-refractivity contribution in [3.05, 3.63) is 24.3 Å². The SMILES string of the molecule is COC(=O)CC1(O)C=CC(O)(CC(=O)OC)C=C1. The molecular formula is C12H16O6. The molecule has 0 amide bonds. The minimum atomic E-state index is -1.50. The number of rotatable bonds is 4. The molecular weight excluding hydrogens is 240 g/mol. The summed E-state index contributed by atoms with van der Waals surface area (Å²) in [5.74, 6) is -1.16. The molecule has 0 aromatic rings. The Morgan fingerprint density at radius 1 is 0.889 bits per heavy atom. The van der Waals surface area contributed by atoms with Crippen LogP contribution in [0.2, 0.25) is 0 Å². The van der Waals surface area contributed by atoms with E-state index in [9.17, 15) is 19.8 Å². The van der Waals surface area contributed by atoms with Crippen molar-refractivity contribution in [2.24, 2.45) is 0 Å². The Labute approximate surface area is 105 Å². The highest BCUT2D eigenvalue weighted by Gasteiger charge is 2.34. The number of esters is 2. The van der Waals surface area contributed by atoms with Gasteiger partial charge in [0.15, 0.2) is 0 Å². The Kier molecular flexibility index (Phi) is 4.26. The number of hydrogen-bond acceptors (Lipinski definition) is 6. The van der Waals surface area contributed by atoms with Crippen molar-refractivity contribution in [2.45, 2.75) is 24.0 Å². The van der Waals surface area contributed by atoms with Crippen LogP contribution in [0.4, 0.5) is 0 Å². The van der Waals surface area contributed by atoms with E-state index in [1.807, 2.05) is 0 Å². The number of aliphatic hydroxyl groups is 2. The summed E-state index contributed by atoms with van der Waals surface area (Å²) >= 11 is 0. The first-order valence-electron chi connectivity index (χ1n) is 5.32. The first kappa shape index (κ1) is 14.4. The van der Waals surface area contributed by atoms with Gasteiger partial charge in [0.05, 0.1) is 27.1 Å². The Balaban J connectivity index is 2.73. The highest BCUT2D eigenvalue weighted by atomic mass is 16.5. The van der Waals surface area contributed by atoms with Crippen molar-refractivity contribution in [2.75, 3.05) is 14.2 Å². The minimum absolute atomic E-state index is 0.259. The van der Waals surface area contributed by atoms with Crippen molar-refractivity contribution in [1.82, 2.24) is 0 Å². The molecule has 0 saturated heterocycles. The van der Waals surface area contributed by atoms with Crippen LogP contribution in [0.5, 0.6) is 0 Å². The van der Waals surface area contributed by atoms with Crippen LogP contribution < -0.4 is 0 Å². The third kappa shape index (κ3) is 3.68. The van der Waals surface area contributed by atoms with Crippen LogP contribution in [-0.4, -0.2) is 47.6 Å². The molecule has 0 radical (unpaired) electrons. The van der Waals surface area contributed by atoms with Gasteiger partial charge in [0.25, 0.3) is 0 Å². The largest absolute Gasteiger partial charge is 0.469 e. The molecule has 18 heavy (non-hydrogen) atoms. The van der Waals surface area contributed by atoms with Gasteiger partial charge in [-0.3, -0.25) is 9.59 Å². The molecule has 0 fully saturated rings. The molecule has 0 heterocycles. The fourth-order valence-corrected chi connectivity index (χ4v) is 1.53. The molecule has 1 aliphatic rings. The van der Waals surface area contributed by atoms with Gasteiger partial charge in [-0.1, -0.05) is 0 Å². The minimum Gasteiger partial charge on any atom is -0.469 e. The van der Waals surface area contributed by atoms with Crippen molar-refractivity contribution in [3.8, 4) is 0 Å². The molecule has 100 valence electrons. The summed E-state index contributed by atoms with van der Waals surface area (Å²) in [4.78, 5) is 22.2. The molecule has 0 saturated carbocycles. The van der Waals surface area contributed by atoms with Gasteiger partial charge in [-0.2, -0.15) is 0 Å². The Morgan fingerprint density at radius 2 is 1.17 bits per heavy atom. The fraction of sp³-hybridized carbons (Fsp3) is 0.500. The summed E-state index contributed by atoms with van der Waals surface area (Å²) in [5, 5.41) is 20.0. The van der Waals surface area contributed by atoms with Crippen molar-refractivity contribution < 1.29 is 29.3 Å². The maximum atomic E-state index is 11.1. The molecule has 0 unspecified atom stereocenters. The van der Waals surface area contributed by atoms with Crippen LogP contribution in [0.1, 0.15) is 12.8 Å². The summed E-state index contributed by atoms with van der Waals surface area (Å²) < 4.78 is 8.90. The van der Waals surface area contributed by atoms with E-state index in [-0.39, 0.29) is 12.8 Å². The third-order valence-corrected chi connectivity index (χ3v) is 2.63. The molecule has 0 spiro atoms. The van der Waals surface area contributed by atoms with E-state index in [1.165, 1.54) is 38.5 Å². The van der Waals surface area contributed by atoms with Gasteiger partial charge in [-0.25, -0.2) is 0 Å². The lowest BCUT2D eigenvalue weighted by atomic mass is 9.86.